The van der Waals surface area contributed by atoms with Crippen molar-refractivity contribution >= 4 is 29.1 Å². The molecule has 19 heavy (non-hydrogen) atoms. The topological polar surface area (TPSA) is 43.1 Å². The lowest BCUT2D eigenvalue weighted by atomic mass is 10.2. The van der Waals surface area contributed by atoms with Crippen LogP contribution in [0.1, 0.15) is 15.9 Å². The van der Waals surface area contributed by atoms with E-state index in [1.165, 1.54) is 11.8 Å². The van der Waals surface area contributed by atoms with Gasteiger partial charge in [-0.1, -0.05) is 18.2 Å². The summed E-state index contributed by atoms with van der Waals surface area (Å²) in [6.07, 6.45) is 0.848. The predicted octanol–water partition coefficient (Wildman–Crippen LogP) is 4.10. The van der Waals surface area contributed by atoms with Gasteiger partial charge in [-0.05, 0) is 48.5 Å². The van der Waals surface area contributed by atoms with Gasteiger partial charge in [-0.3, -0.25) is 4.79 Å². The number of fused-ring (bicyclic) bond motifs is 1. The number of carbonyl (C=O) groups is 1. The minimum Gasteiger partial charge on any atom is -0.431 e. The second-order valence-electron chi connectivity index (χ2n) is 4.19. The van der Waals surface area contributed by atoms with Crippen molar-refractivity contribution in [1.29, 1.82) is 0 Å². The van der Waals surface area contributed by atoms with E-state index in [4.69, 9.17) is 4.42 Å². The van der Waals surface area contributed by atoms with Gasteiger partial charge in [0, 0.05) is 10.5 Å². The fourth-order valence-electron chi connectivity index (χ4n) is 1.85. The van der Waals surface area contributed by atoms with Crippen LogP contribution in [0.4, 0.5) is 0 Å². The van der Waals surface area contributed by atoms with Crippen molar-refractivity contribution < 1.29 is 9.21 Å². The summed E-state index contributed by atoms with van der Waals surface area (Å²) in [4.78, 5) is 16.2. The van der Waals surface area contributed by atoms with Gasteiger partial charge in [0.1, 0.15) is 11.8 Å². The van der Waals surface area contributed by atoms with Gasteiger partial charge < -0.3 is 4.42 Å². The molecule has 0 aliphatic rings. The van der Waals surface area contributed by atoms with Crippen molar-refractivity contribution in [3.05, 3.63) is 53.6 Å². The van der Waals surface area contributed by atoms with Gasteiger partial charge in [0.2, 0.25) is 0 Å². The average molecular weight is 269 g/mol. The zero-order chi connectivity index (χ0) is 13.2. The van der Waals surface area contributed by atoms with Crippen LogP contribution in [0.2, 0.25) is 0 Å². The van der Waals surface area contributed by atoms with Gasteiger partial charge in [0.25, 0.3) is 5.22 Å². The van der Waals surface area contributed by atoms with E-state index in [0.29, 0.717) is 10.8 Å². The average Bonchev–Trinajstić information content (AvgIpc) is 2.83. The smallest absolute Gasteiger partial charge is 0.261 e. The lowest BCUT2D eigenvalue weighted by molar-refractivity contribution is 0.112. The molecule has 2 aromatic carbocycles. The van der Waals surface area contributed by atoms with Crippen LogP contribution in [0, 0.1) is 6.92 Å². The standard InChI is InChI=1S/C15H11NO2S/c1-10-8-11(9-17)6-7-14(10)19-15-16-12-4-2-3-5-13(12)18-15/h2-9H,1H3. The van der Waals surface area contributed by atoms with Crippen molar-refractivity contribution in [1.82, 2.24) is 4.98 Å². The summed E-state index contributed by atoms with van der Waals surface area (Å²) >= 11 is 1.47. The molecule has 3 aromatic rings. The summed E-state index contributed by atoms with van der Waals surface area (Å²) in [5.74, 6) is 0. The number of nitrogens with zero attached hydrogens (tertiary/aromatic N) is 1. The summed E-state index contributed by atoms with van der Waals surface area (Å²) < 4.78 is 5.67. The number of hydrogen-bond acceptors (Lipinski definition) is 4. The normalized spacial score (nSPS) is 10.8. The van der Waals surface area contributed by atoms with Gasteiger partial charge in [-0.2, -0.15) is 0 Å². The number of aromatic nitrogens is 1. The zero-order valence-corrected chi connectivity index (χ0v) is 11.1. The van der Waals surface area contributed by atoms with Gasteiger partial charge in [-0.25, -0.2) is 4.98 Å². The van der Waals surface area contributed by atoms with Gasteiger partial charge in [-0.15, -0.1) is 0 Å². The number of oxazole rings is 1. The molecular weight excluding hydrogens is 258 g/mol. The quantitative estimate of drug-likeness (QED) is 0.671. The second-order valence-corrected chi connectivity index (χ2v) is 5.19. The molecule has 0 atom stereocenters. The van der Waals surface area contributed by atoms with E-state index in [1.807, 2.05) is 43.3 Å². The Kier molecular flexibility index (Phi) is 3.09. The van der Waals surface area contributed by atoms with E-state index in [9.17, 15) is 4.79 Å². The molecule has 0 saturated carbocycles. The van der Waals surface area contributed by atoms with Crippen LogP contribution in [0.15, 0.2) is 57.0 Å². The van der Waals surface area contributed by atoms with Crippen molar-refractivity contribution in [2.75, 3.05) is 0 Å². The van der Waals surface area contributed by atoms with Crippen LogP contribution in [-0.4, -0.2) is 11.3 Å². The Bertz CT molecular complexity index is 716. The lowest BCUT2D eigenvalue weighted by Crippen LogP contribution is -1.84. The van der Waals surface area contributed by atoms with Crippen LogP contribution in [0.25, 0.3) is 11.1 Å². The number of rotatable bonds is 3. The van der Waals surface area contributed by atoms with Crippen molar-refractivity contribution in [3.63, 3.8) is 0 Å². The van der Waals surface area contributed by atoms with Crippen LogP contribution in [-0.2, 0) is 0 Å². The van der Waals surface area contributed by atoms with Crippen molar-refractivity contribution in [2.45, 2.75) is 17.0 Å². The number of hydrogen-bond donors (Lipinski definition) is 0. The molecule has 1 aromatic heterocycles. The highest BCUT2D eigenvalue weighted by atomic mass is 32.2. The summed E-state index contributed by atoms with van der Waals surface area (Å²) in [5, 5.41) is 0.614. The van der Waals surface area contributed by atoms with E-state index in [2.05, 4.69) is 4.98 Å². The Morgan fingerprint density at radius 2 is 2.05 bits per heavy atom. The third-order valence-corrected chi connectivity index (χ3v) is 3.83. The third kappa shape index (κ3) is 2.39. The Morgan fingerprint density at radius 1 is 1.21 bits per heavy atom. The number of para-hydroxylation sites is 2. The largest absolute Gasteiger partial charge is 0.431 e. The molecular formula is C15H11NO2S. The molecule has 0 aliphatic carbocycles. The number of aryl methyl sites for hydroxylation is 1. The molecule has 0 radical (unpaired) electrons. The van der Waals surface area contributed by atoms with Crippen LogP contribution in [0.3, 0.4) is 0 Å². The SMILES string of the molecule is Cc1cc(C=O)ccc1Sc1nc2ccccc2o1. The van der Waals surface area contributed by atoms with E-state index in [0.717, 1.165) is 27.8 Å². The first-order valence-corrected chi connectivity index (χ1v) is 6.67. The number of carbonyl (C=O) groups excluding carboxylic acids is 1. The fraction of sp³-hybridized carbons (Fsp3) is 0.0667. The van der Waals surface area contributed by atoms with E-state index >= 15 is 0 Å². The predicted molar refractivity (Wildman–Crippen MR) is 74.7 cm³/mol. The molecule has 0 unspecified atom stereocenters. The monoisotopic (exact) mass is 269 g/mol. The molecule has 0 spiro atoms. The Morgan fingerprint density at radius 3 is 2.79 bits per heavy atom. The molecule has 94 valence electrons. The zero-order valence-electron chi connectivity index (χ0n) is 10.3. The number of benzene rings is 2. The molecule has 1 heterocycles. The Hall–Kier alpha value is -2.07. The maximum atomic E-state index is 10.7. The van der Waals surface area contributed by atoms with Crippen LogP contribution in [0.5, 0.6) is 0 Å². The summed E-state index contributed by atoms with van der Waals surface area (Å²) in [7, 11) is 0. The third-order valence-electron chi connectivity index (χ3n) is 2.81. The van der Waals surface area contributed by atoms with Gasteiger partial charge >= 0.3 is 0 Å². The minimum absolute atomic E-state index is 0.614. The Labute approximate surface area is 114 Å². The first kappa shape index (κ1) is 12.0. The summed E-state index contributed by atoms with van der Waals surface area (Å²) in [6.45, 7) is 1.97. The van der Waals surface area contributed by atoms with E-state index in [1.54, 1.807) is 6.07 Å². The first-order valence-electron chi connectivity index (χ1n) is 5.85. The second kappa shape index (κ2) is 4.90. The molecule has 0 amide bonds. The van der Waals surface area contributed by atoms with E-state index < -0.39 is 0 Å². The maximum Gasteiger partial charge on any atom is 0.261 e. The first-order chi connectivity index (χ1) is 9.26. The summed E-state index contributed by atoms with van der Waals surface area (Å²) in [5.41, 5.74) is 3.36. The van der Waals surface area contributed by atoms with Crippen molar-refractivity contribution in [2.24, 2.45) is 0 Å². The van der Waals surface area contributed by atoms with Crippen molar-refractivity contribution in [3.8, 4) is 0 Å². The maximum absolute atomic E-state index is 10.7. The van der Waals surface area contributed by atoms with Gasteiger partial charge in [0.05, 0.1) is 0 Å². The molecule has 0 bridgehead atoms. The number of aldehydes is 1. The Balaban J connectivity index is 1.94. The highest BCUT2D eigenvalue weighted by Gasteiger charge is 2.09. The highest BCUT2D eigenvalue weighted by Crippen LogP contribution is 2.32. The highest BCUT2D eigenvalue weighted by molar-refractivity contribution is 7.99. The minimum atomic E-state index is 0.614. The molecule has 3 nitrogen and oxygen atoms in total. The molecule has 0 N–H and O–H groups in total. The van der Waals surface area contributed by atoms with E-state index in [-0.39, 0.29) is 0 Å². The lowest BCUT2D eigenvalue weighted by Gasteiger charge is -2.02. The molecule has 0 fully saturated rings. The van der Waals surface area contributed by atoms with Crippen LogP contribution >= 0.6 is 11.8 Å². The molecule has 4 heteroatoms. The molecule has 3 rings (SSSR count). The summed E-state index contributed by atoms with van der Waals surface area (Å²) in [6, 6.07) is 13.2. The van der Waals surface area contributed by atoms with Gasteiger partial charge in [0.15, 0.2) is 5.58 Å². The molecule has 0 aliphatic heterocycles. The van der Waals surface area contributed by atoms with Crippen LogP contribution < -0.4 is 0 Å². The fourth-order valence-corrected chi connectivity index (χ4v) is 2.67. The molecule has 0 saturated heterocycles.